The number of carbonyl (C=O) groups is 1. The van der Waals surface area contributed by atoms with Gasteiger partial charge in [0.05, 0.1) is 5.56 Å². The van der Waals surface area contributed by atoms with Crippen LogP contribution in [0.3, 0.4) is 0 Å². The number of nitrogens with two attached hydrogens (primary N) is 1. The lowest BCUT2D eigenvalue weighted by Gasteiger charge is -2.36. The number of carboxylic acids is 1. The Balaban J connectivity index is 2.07. The van der Waals surface area contributed by atoms with Crippen molar-refractivity contribution in [3.63, 3.8) is 0 Å². The maximum absolute atomic E-state index is 10.9. The molecule has 20 heavy (non-hydrogen) atoms. The SMILES string of the molecule is CN(C)C1(CNc2ccc(C(=O)O)c(N)c2)CCCC1. The molecular formula is C15H23N3O2. The van der Waals surface area contributed by atoms with Crippen LogP contribution in [0.2, 0.25) is 0 Å². The summed E-state index contributed by atoms with van der Waals surface area (Å²) in [7, 11) is 4.24. The maximum Gasteiger partial charge on any atom is 0.337 e. The van der Waals surface area contributed by atoms with Crippen LogP contribution in [0.25, 0.3) is 0 Å². The van der Waals surface area contributed by atoms with E-state index >= 15 is 0 Å². The number of rotatable bonds is 5. The van der Waals surface area contributed by atoms with Crippen LogP contribution in [0.4, 0.5) is 11.4 Å². The lowest BCUT2D eigenvalue weighted by molar-refractivity contribution is 0.0698. The van der Waals surface area contributed by atoms with Gasteiger partial charge in [0.1, 0.15) is 0 Å². The summed E-state index contributed by atoms with van der Waals surface area (Å²) < 4.78 is 0. The van der Waals surface area contributed by atoms with Gasteiger partial charge in [0.15, 0.2) is 0 Å². The molecule has 0 bridgehead atoms. The minimum absolute atomic E-state index is 0.152. The number of aromatic carboxylic acids is 1. The molecule has 5 nitrogen and oxygen atoms in total. The number of nitrogens with one attached hydrogen (secondary N) is 1. The first-order valence-corrected chi connectivity index (χ1v) is 6.99. The van der Waals surface area contributed by atoms with Gasteiger partial charge in [-0.05, 0) is 45.1 Å². The standard InChI is InChI=1S/C15H23N3O2/c1-18(2)15(7-3-4-8-15)10-17-11-5-6-12(14(19)20)13(16)9-11/h5-6,9,17H,3-4,7-8,10,16H2,1-2H3,(H,19,20). The van der Waals surface area contributed by atoms with Gasteiger partial charge >= 0.3 is 5.97 Å². The first-order valence-electron chi connectivity index (χ1n) is 6.99. The Bertz CT molecular complexity index is 494. The van der Waals surface area contributed by atoms with Gasteiger partial charge in [-0.25, -0.2) is 4.79 Å². The predicted octanol–water partition coefficient (Wildman–Crippen LogP) is 2.25. The highest BCUT2D eigenvalue weighted by atomic mass is 16.4. The Labute approximate surface area is 119 Å². The Morgan fingerprint density at radius 3 is 2.55 bits per heavy atom. The molecule has 4 N–H and O–H groups in total. The van der Waals surface area contributed by atoms with Crippen molar-refractivity contribution in [3.8, 4) is 0 Å². The number of hydrogen-bond donors (Lipinski definition) is 3. The molecule has 0 aliphatic heterocycles. The number of carboxylic acid groups (broad SMARTS) is 1. The zero-order valence-electron chi connectivity index (χ0n) is 12.1. The summed E-state index contributed by atoms with van der Waals surface area (Å²) >= 11 is 0. The Morgan fingerprint density at radius 2 is 2.05 bits per heavy atom. The zero-order chi connectivity index (χ0) is 14.8. The van der Waals surface area contributed by atoms with Crippen LogP contribution in [0, 0.1) is 0 Å². The summed E-state index contributed by atoms with van der Waals surface area (Å²) in [6.45, 7) is 0.853. The van der Waals surface area contributed by atoms with Crippen molar-refractivity contribution >= 4 is 17.3 Å². The van der Waals surface area contributed by atoms with Crippen LogP contribution in [-0.2, 0) is 0 Å². The Hall–Kier alpha value is -1.75. The van der Waals surface area contributed by atoms with Crippen molar-refractivity contribution in [2.24, 2.45) is 0 Å². The lowest BCUT2D eigenvalue weighted by atomic mass is 9.96. The molecule has 0 aromatic heterocycles. The number of hydrogen-bond acceptors (Lipinski definition) is 4. The van der Waals surface area contributed by atoms with Crippen LogP contribution in [0.5, 0.6) is 0 Å². The largest absolute Gasteiger partial charge is 0.478 e. The number of nitrogens with zero attached hydrogens (tertiary/aromatic N) is 1. The molecule has 1 saturated carbocycles. The van der Waals surface area contributed by atoms with E-state index < -0.39 is 5.97 Å². The summed E-state index contributed by atoms with van der Waals surface area (Å²) in [5.74, 6) is -0.991. The second-order valence-corrected chi connectivity index (χ2v) is 5.79. The molecule has 0 saturated heterocycles. The van der Waals surface area contributed by atoms with Crippen LogP contribution in [0.15, 0.2) is 18.2 Å². The second kappa shape index (κ2) is 5.71. The molecule has 0 amide bonds. The zero-order valence-corrected chi connectivity index (χ0v) is 12.1. The molecule has 0 atom stereocenters. The Kier molecular flexibility index (Phi) is 4.18. The molecule has 5 heteroatoms. The molecule has 1 fully saturated rings. The molecule has 110 valence electrons. The van der Waals surface area contributed by atoms with Crippen molar-refractivity contribution in [1.82, 2.24) is 4.90 Å². The second-order valence-electron chi connectivity index (χ2n) is 5.79. The first-order chi connectivity index (χ1) is 9.44. The first kappa shape index (κ1) is 14.7. The highest BCUT2D eigenvalue weighted by Gasteiger charge is 2.35. The average molecular weight is 277 g/mol. The maximum atomic E-state index is 10.9. The summed E-state index contributed by atoms with van der Waals surface area (Å²) in [5, 5.41) is 12.4. The van der Waals surface area contributed by atoms with Crippen molar-refractivity contribution in [1.29, 1.82) is 0 Å². The van der Waals surface area contributed by atoms with Crippen LogP contribution in [-0.4, -0.2) is 42.2 Å². The normalized spacial score (nSPS) is 17.4. The quantitative estimate of drug-likeness (QED) is 0.719. The number of likely N-dealkylation sites (N-methyl/N-ethyl adjacent to an activating group) is 1. The van der Waals surface area contributed by atoms with Gasteiger partial charge in [0, 0.05) is 23.5 Å². The predicted molar refractivity (Wildman–Crippen MR) is 81.2 cm³/mol. The van der Waals surface area contributed by atoms with E-state index in [-0.39, 0.29) is 11.1 Å². The van der Waals surface area contributed by atoms with Gasteiger partial charge in [-0.1, -0.05) is 12.8 Å². The molecule has 2 rings (SSSR count). The molecular weight excluding hydrogens is 254 g/mol. The Morgan fingerprint density at radius 1 is 1.40 bits per heavy atom. The van der Waals surface area contributed by atoms with Crippen molar-refractivity contribution in [3.05, 3.63) is 23.8 Å². The van der Waals surface area contributed by atoms with Gasteiger partial charge in [0.2, 0.25) is 0 Å². The molecule has 0 radical (unpaired) electrons. The van der Waals surface area contributed by atoms with E-state index in [1.54, 1.807) is 18.2 Å². The fourth-order valence-electron chi connectivity index (χ4n) is 2.95. The molecule has 1 aliphatic rings. The van der Waals surface area contributed by atoms with Crippen molar-refractivity contribution < 1.29 is 9.90 Å². The van der Waals surface area contributed by atoms with Crippen molar-refractivity contribution in [2.45, 2.75) is 31.2 Å². The van der Waals surface area contributed by atoms with Crippen LogP contribution < -0.4 is 11.1 Å². The topological polar surface area (TPSA) is 78.6 Å². The monoisotopic (exact) mass is 277 g/mol. The summed E-state index contributed by atoms with van der Waals surface area (Å²) in [6.07, 6.45) is 4.91. The number of benzene rings is 1. The van der Waals surface area contributed by atoms with E-state index in [9.17, 15) is 4.79 Å². The van der Waals surface area contributed by atoms with E-state index in [1.807, 2.05) is 0 Å². The van der Waals surface area contributed by atoms with E-state index in [4.69, 9.17) is 10.8 Å². The minimum atomic E-state index is -0.991. The average Bonchev–Trinajstić information content (AvgIpc) is 2.86. The number of nitrogen functional groups attached to an aromatic ring is 1. The van der Waals surface area contributed by atoms with E-state index in [1.165, 1.54) is 25.7 Å². The van der Waals surface area contributed by atoms with Gasteiger partial charge in [0.25, 0.3) is 0 Å². The summed E-state index contributed by atoms with van der Waals surface area (Å²) in [6, 6.07) is 5.02. The molecule has 1 aliphatic carbocycles. The third-order valence-corrected chi connectivity index (χ3v) is 4.39. The summed E-state index contributed by atoms with van der Waals surface area (Å²) in [4.78, 5) is 13.2. The summed E-state index contributed by atoms with van der Waals surface area (Å²) in [5.41, 5.74) is 7.29. The fourth-order valence-corrected chi connectivity index (χ4v) is 2.95. The van der Waals surface area contributed by atoms with Gasteiger partial charge in [-0.15, -0.1) is 0 Å². The molecule has 0 unspecified atom stereocenters. The van der Waals surface area contributed by atoms with Gasteiger partial charge in [-0.3, -0.25) is 0 Å². The van der Waals surface area contributed by atoms with Crippen molar-refractivity contribution in [2.75, 3.05) is 31.7 Å². The molecule has 1 aromatic carbocycles. The highest BCUT2D eigenvalue weighted by Crippen LogP contribution is 2.34. The smallest absolute Gasteiger partial charge is 0.337 e. The fraction of sp³-hybridized carbons (Fsp3) is 0.533. The van der Waals surface area contributed by atoms with Crippen LogP contribution >= 0.6 is 0 Å². The minimum Gasteiger partial charge on any atom is -0.478 e. The van der Waals surface area contributed by atoms with Crippen LogP contribution in [0.1, 0.15) is 36.0 Å². The van der Waals surface area contributed by atoms with E-state index in [0.717, 1.165) is 12.2 Å². The van der Waals surface area contributed by atoms with Gasteiger partial charge in [-0.2, -0.15) is 0 Å². The molecule has 0 spiro atoms. The highest BCUT2D eigenvalue weighted by molar-refractivity contribution is 5.94. The third kappa shape index (κ3) is 2.88. The molecule has 1 aromatic rings. The van der Waals surface area contributed by atoms with E-state index in [0.29, 0.717) is 5.69 Å². The third-order valence-electron chi connectivity index (χ3n) is 4.39. The molecule has 0 heterocycles. The van der Waals surface area contributed by atoms with E-state index in [2.05, 4.69) is 24.3 Å². The number of anilines is 2. The van der Waals surface area contributed by atoms with Gasteiger partial charge < -0.3 is 21.1 Å². The lowest BCUT2D eigenvalue weighted by Crippen LogP contribution is -2.47.